The van der Waals surface area contributed by atoms with Crippen LogP contribution in [0.15, 0.2) is 57.8 Å². The molecule has 0 atom stereocenters. The fourth-order valence-corrected chi connectivity index (χ4v) is 2.77. The molecule has 0 saturated heterocycles. The lowest BCUT2D eigenvalue weighted by Gasteiger charge is -2.06. The van der Waals surface area contributed by atoms with Crippen LogP contribution in [-0.2, 0) is 7.05 Å². The van der Waals surface area contributed by atoms with E-state index in [1.165, 1.54) is 0 Å². The van der Waals surface area contributed by atoms with Gasteiger partial charge in [-0.3, -0.25) is 4.79 Å². The Balaban J connectivity index is 1.68. The first-order valence-corrected chi connectivity index (χ1v) is 8.16. The molecule has 6 nitrogen and oxygen atoms in total. The summed E-state index contributed by atoms with van der Waals surface area (Å²) in [5, 5.41) is 4.03. The third kappa shape index (κ3) is 2.93. The van der Waals surface area contributed by atoms with Crippen molar-refractivity contribution in [2.75, 3.05) is 0 Å². The first kappa shape index (κ1) is 16.0. The maximum absolute atomic E-state index is 12.0. The third-order valence-corrected chi connectivity index (χ3v) is 4.16. The van der Waals surface area contributed by atoms with Crippen LogP contribution in [0, 0.1) is 6.92 Å². The molecule has 0 aliphatic heterocycles. The van der Waals surface area contributed by atoms with Gasteiger partial charge in [-0.1, -0.05) is 35.5 Å². The van der Waals surface area contributed by atoms with Crippen molar-refractivity contribution in [2.24, 2.45) is 7.05 Å². The molecule has 0 N–H and O–H groups in total. The lowest BCUT2D eigenvalue weighted by atomic mass is 10.1. The van der Waals surface area contributed by atoms with Gasteiger partial charge in [0.15, 0.2) is 0 Å². The van der Waals surface area contributed by atoms with Gasteiger partial charge >= 0.3 is 0 Å². The molecule has 0 amide bonds. The minimum atomic E-state index is -0.0989. The number of aryl methyl sites for hydroxylation is 2. The van der Waals surface area contributed by atoms with Crippen molar-refractivity contribution in [2.45, 2.75) is 6.92 Å². The molecular weight excluding hydrogens is 328 g/mol. The lowest BCUT2D eigenvalue weighted by Crippen LogP contribution is -2.20. The van der Waals surface area contributed by atoms with Crippen molar-refractivity contribution in [1.82, 2.24) is 19.7 Å². The van der Waals surface area contributed by atoms with Gasteiger partial charge in [0.25, 0.3) is 11.4 Å². The molecule has 2 heterocycles. The molecule has 26 heavy (non-hydrogen) atoms. The zero-order valence-electron chi connectivity index (χ0n) is 14.4. The highest BCUT2D eigenvalue weighted by atomic mass is 16.5. The SMILES string of the molecule is Cc1nc2cc(-c3noc(C=Cc4ccccc4)n3)ccc2n(C)c1=O. The van der Waals surface area contributed by atoms with Crippen molar-refractivity contribution in [3.05, 3.63) is 76.0 Å². The van der Waals surface area contributed by atoms with E-state index in [1.54, 1.807) is 24.6 Å². The van der Waals surface area contributed by atoms with E-state index in [-0.39, 0.29) is 5.56 Å². The van der Waals surface area contributed by atoms with E-state index in [2.05, 4.69) is 15.1 Å². The Morgan fingerprint density at radius 1 is 1.04 bits per heavy atom. The summed E-state index contributed by atoms with van der Waals surface area (Å²) in [6.45, 7) is 1.70. The number of benzene rings is 2. The number of rotatable bonds is 3. The molecule has 0 spiro atoms. The summed E-state index contributed by atoms with van der Waals surface area (Å²) in [5.74, 6) is 0.904. The van der Waals surface area contributed by atoms with Crippen LogP contribution in [0.2, 0.25) is 0 Å². The molecule has 2 aromatic carbocycles. The smallest absolute Gasteiger partial charge is 0.272 e. The van der Waals surface area contributed by atoms with Gasteiger partial charge in [-0.15, -0.1) is 0 Å². The van der Waals surface area contributed by atoms with Crippen LogP contribution in [0.4, 0.5) is 0 Å². The minimum Gasteiger partial charge on any atom is -0.334 e. The first-order valence-electron chi connectivity index (χ1n) is 8.16. The van der Waals surface area contributed by atoms with E-state index >= 15 is 0 Å². The largest absolute Gasteiger partial charge is 0.334 e. The van der Waals surface area contributed by atoms with Crippen molar-refractivity contribution in [3.8, 4) is 11.4 Å². The number of aromatic nitrogens is 4. The maximum atomic E-state index is 12.0. The summed E-state index contributed by atoms with van der Waals surface area (Å²) in [5.41, 5.74) is 3.67. The molecule has 0 aliphatic rings. The summed E-state index contributed by atoms with van der Waals surface area (Å²) in [7, 11) is 1.74. The summed E-state index contributed by atoms with van der Waals surface area (Å²) in [4.78, 5) is 20.8. The second kappa shape index (κ2) is 6.40. The maximum Gasteiger partial charge on any atom is 0.272 e. The van der Waals surface area contributed by atoms with E-state index < -0.39 is 0 Å². The highest BCUT2D eigenvalue weighted by molar-refractivity contribution is 5.80. The fraction of sp³-hybridized carbons (Fsp3) is 0.100. The molecule has 0 bridgehead atoms. The van der Waals surface area contributed by atoms with Crippen molar-refractivity contribution in [3.63, 3.8) is 0 Å². The number of fused-ring (bicyclic) bond motifs is 1. The summed E-state index contributed by atoms with van der Waals surface area (Å²) in [6.07, 6.45) is 3.69. The Hall–Kier alpha value is -3.54. The molecule has 0 aliphatic carbocycles. The van der Waals surface area contributed by atoms with Gasteiger partial charge in [-0.05, 0) is 36.8 Å². The van der Waals surface area contributed by atoms with Crippen LogP contribution in [0.1, 0.15) is 17.1 Å². The zero-order valence-corrected chi connectivity index (χ0v) is 14.4. The highest BCUT2D eigenvalue weighted by Gasteiger charge is 2.10. The summed E-state index contributed by atoms with van der Waals surface area (Å²) >= 11 is 0. The molecular formula is C20H16N4O2. The van der Waals surface area contributed by atoms with Gasteiger partial charge in [0.2, 0.25) is 5.82 Å². The number of hydrogen-bond donors (Lipinski definition) is 0. The normalized spacial score (nSPS) is 11.5. The van der Waals surface area contributed by atoms with Gasteiger partial charge < -0.3 is 9.09 Å². The van der Waals surface area contributed by atoms with Crippen LogP contribution in [0.25, 0.3) is 34.6 Å². The second-order valence-corrected chi connectivity index (χ2v) is 5.97. The molecule has 4 rings (SSSR count). The molecule has 0 fully saturated rings. The second-order valence-electron chi connectivity index (χ2n) is 5.97. The van der Waals surface area contributed by atoms with Crippen molar-refractivity contribution < 1.29 is 4.52 Å². The van der Waals surface area contributed by atoms with E-state index in [0.717, 1.165) is 16.6 Å². The quantitative estimate of drug-likeness (QED) is 0.569. The zero-order chi connectivity index (χ0) is 18.1. The van der Waals surface area contributed by atoms with E-state index in [9.17, 15) is 4.79 Å². The monoisotopic (exact) mass is 344 g/mol. The Labute approximate surface area is 149 Å². The first-order chi connectivity index (χ1) is 12.6. The Kier molecular flexibility index (Phi) is 3.93. The lowest BCUT2D eigenvalue weighted by molar-refractivity contribution is 0.411. The third-order valence-electron chi connectivity index (χ3n) is 4.16. The summed E-state index contributed by atoms with van der Waals surface area (Å²) < 4.78 is 6.88. The van der Waals surface area contributed by atoms with Crippen LogP contribution in [-0.4, -0.2) is 19.7 Å². The standard InChI is InChI=1S/C20H16N4O2/c1-13-20(25)24(2)17-10-9-15(12-16(17)21-13)19-22-18(26-23-19)11-8-14-6-4-3-5-7-14/h3-12H,1-2H3. The van der Waals surface area contributed by atoms with E-state index in [0.29, 0.717) is 22.9 Å². The predicted molar refractivity (Wildman–Crippen MR) is 100 cm³/mol. The minimum absolute atomic E-state index is 0.0989. The van der Waals surface area contributed by atoms with Crippen molar-refractivity contribution >= 4 is 23.2 Å². The topological polar surface area (TPSA) is 73.8 Å². The van der Waals surface area contributed by atoms with Crippen LogP contribution in [0.5, 0.6) is 0 Å². The Bertz CT molecular complexity index is 1170. The molecule has 0 saturated carbocycles. The van der Waals surface area contributed by atoms with Gasteiger partial charge in [0, 0.05) is 18.7 Å². The number of hydrogen-bond acceptors (Lipinski definition) is 5. The van der Waals surface area contributed by atoms with E-state index in [4.69, 9.17) is 4.52 Å². The van der Waals surface area contributed by atoms with Crippen LogP contribution < -0.4 is 5.56 Å². The molecule has 0 radical (unpaired) electrons. The Morgan fingerprint density at radius 3 is 2.65 bits per heavy atom. The van der Waals surface area contributed by atoms with Crippen LogP contribution in [0.3, 0.4) is 0 Å². The average Bonchev–Trinajstić information content (AvgIpc) is 3.14. The molecule has 2 aromatic heterocycles. The van der Waals surface area contributed by atoms with Gasteiger partial charge in [0.05, 0.1) is 11.0 Å². The molecule has 128 valence electrons. The van der Waals surface area contributed by atoms with Crippen molar-refractivity contribution in [1.29, 1.82) is 0 Å². The van der Waals surface area contributed by atoms with E-state index in [1.807, 2.05) is 54.6 Å². The van der Waals surface area contributed by atoms with Gasteiger partial charge in [0.1, 0.15) is 5.69 Å². The highest BCUT2D eigenvalue weighted by Crippen LogP contribution is 2.21. The summed E-state index contributed by atoms with van der Waals surface area (Å²) in [6, 6.07) is 15.4. The van der Waals surface area contributed by atoms with Crippen LogP contribution >= 0.6 is 0 Å². The van der Waals surface area contributed by atoms with Gasteiger partial charge in [-0.25, -0.2) is 4.98 Å². The molecule has 4 aromatic rings. The average molecular weight is 344 g/mol. The Morgan fingerprint density at radius 2 is 1.85 bits per heavy atom. The number of nitrogens with zero attached hydrogens (tertiary/aromatic N) is 4. The molecule has 6 heteroatoms. The van der Waals surface area contributed by atoms with Gasteiger partial charge in [-0.2, -0.15) is 4.98 Å². The molecule has 0 unspecified atom stereocenters. The fourth-order valence-electron chi connectivity index (χ4n) is 2.77. The predicted octanol–water partition coefficient (Wildman–Crippen LogP) is 3.46.